The molecule has 0 radical (unpaired) electrons. The molecule has 0 aliphatic heterocycles. The van der Waals surface area contributed by atoms with Gasteiger partial charge in [-0.1, -0.05) is 17.3 Å². The number of carbonyl (C=O) groups excluding carboxylic acids is 1. The van der Waals surface area contributed by atoms with Crippen molar-refractivity contribution in [3.05, 3.63) is 58.3 Å². The van der Waals surface area contributed by atoms with Gasteiger partial charge in [-0.25, -0.2) is 0 Å². The molecule has 28 heavy (non-hydrogen) atoms. The standard InChI is InChI=1S/C20H22N4O4/c1-4-24-13(2)9-10-14(20(24)26)19-22-18(28-23-19)12-11-17(25)21-15-7-5-6-8-16(15)27-3/h5-10H,4,11-12H2,1-3H3,(H,21,25). The molecule has 8 heteroatoms. The molecule has 3 aromatic rings. The van der Waals surface area contributed by atoms with Crippen molar-refractivity contribution in [3.63, 3.8) is 0 Å². The van der Waals surface area contributed by atoms with Gasteiger partial charge >= 0.3 is 0 Å². The van der Waals surface area contributed by atoms with Gasteiger partial charge in [-0.3, -0.25) is 9.59 Å². The minimum Gasteiger partial charge on any atom is -0.495 e. The van der Waals surface area contributed by atoms with Crippen LogP contribution in [0.2, 0.25) is 0 Å². The van der Waals surface area contributed by atoms with Gasteiger partial charge in [0.1, 0.15) is 5.75 Å². The molecule has 0 atom stereocenters. The van der Waals surface area contributed by atoms with E-state index >= 15 is 0 Å². The zero-order valence-electron chi connectivity index (χ0n) is 16.1. The second kappa shape index (κ2) is 8.51. The molecule has 0 saturated heterocycles. The summed E-state index contributed by atoms with van der Waals surface area (Å²) in [5.41, 5.74) is 1.68. The fraction of sp³-hybridized carbons (Fsp3) is 0.300. The molecule has 0 spiro atoms. The van der Waals surface area contributed by atoms with Gasteiger partial charge in [0.25, 0.3) is 5.56 Å². The van der Waals surface area contributed by atoms with E-state index < -0.39 is 0 Å². The average Bonchev–Trinajstić information content (AvgIpc) is 3.16. The summed E-state index contributed by atoms with van der Waals surface area (Å²) in [7, 11) is 1.54. The maximum absolute atomic E-state index is 12.5. The smallest absolute Gasteiger partial charge is 0.261 e. The van der Waals surface area contributed by atoms with Crippen LogP contribution in [0.15, 0.2) is 45.7 Å². The number of amides is 1. The lowest BCUT2D eigenvalue weighted by atomic mass is 10.2. The average molecular weight is 382 g/mol. The quantitative estimate of drug-likeness (QED) is 0.675. The van der Waals surface area contributed by atoms with Gasteiger partial charge in [0, 0.05) is 25.1 Å². The number of anilines is 1. The largest absolute Gasteiger partial charge is 0.495 e. The summed E-state index contributed by atoms with van der Waals surface area (Å²) in [6, 6.07) is 10.7. The second-order valence-corrected chi connectivity index (χ2v) is 6.20. The highest BCUT2D eigenvalue weighted by molar-refractivity contribution is 5.92. The summed E-state index contributed by atoms with van der Waals surface area (Å²) in [5, 5.41) is 6.68. The summed E-state index contributed by atoms with van der Waals surface area (Å²) in [5.74, 6) is 0.913. The summed E-state index contributed by atoms with van der Waals surface area (Å²) in [6.07, 6.45) is 0.425. The minimum absolute atomic E-state index is 0.159. The van der Waals surface area contributed by atoms with Crippen molar-refractivity contribution < 1.29 is 14.1 Å². The van der Waals surface area contributed by atoms with E-state index in [0.29, 0.717) is 29.4 Å². The number of nitrogens with zero attached hydrogens (tertiary/aromatic N) is 3. The first-order valence-electron chi connectivity index (χ1n) is 8.99. The lowest BCUT2D eigenvalue weighted by Crippen LogP contribution is -2.23. The normalized spacial score (nSPS) is 10.7. The number of carbonyl (C=O) groups is 1. The van der Waals surface area contributed by atoms with Crippen molar-refractivity contribution in [3.8, 4) is 17.1 Å². The number of rotatable bonds is 7. The Morgan fingerprint density at radius 2 is 2.04 bits per heavy atom. The number of hydrogen-bond acceptors (Lipinski definition) is 6. The fourth-order valence-electron chi connectivity index (χ4n) is 2.88. The Morgan fingerprint density at radius 3 is 2.79 bits per heavy atom. The van der Waals surface area contributed by atoms with Gasteiger partial charge in [0.15, 0.2) is 0 Å². The number of aromatic nitrogens is 3. The van der Waals surface area contributed by atoms with Gasteiger partial charge in [-0.05, 0) is 38.1 Å². The van der Waals surface area contributed by atoms with Crippen LogP contribution in [0.1, 0.15) is 24.9 Å². The van der Waals surface area contributed by atoms with Crippen LogP contribution in [0.5, 0.6) is 5.75 Å². The van der Waals surface area contributed by atoms with Crippen LogP contribution in [-0.2, 0) is 17.8 Å². The molecule has 0 fully saturated rings. The lowest BCUT2D eigenvalue weighted by Gasteiger charge is -2.09. The first kappa shape index (κ1) is 19.3. The predicted molar refractivity (Wildman–Crippen MR) is 104 cm³/mol. The van der Waals surface area contributed by atoms with E-state index in [1.165, 1.54) is 0 Å². The van der Waals surface area contributed by atoms with Crippen LogP contribution in [0.4, 0.5) is 5.69 Å². The Hall–Kier alpha value is -3.42. The third kappa shape index (κ3) is 4.11. The SMILES string of the molecule is CCn1c(C)ccc(-c2noc(CCC(=O)Nc3ccccc3OC)n2)c1=O. The summed E-state index contributed by atoms with van der Waals surface area (Å²) >= 11 is 0. The van der Waals surface area contributed by atoms with E-state index in [1.54, 1.807) is 29.9 Å². The number of hydrogen-bond donors (Lipinski definition) is 1. The Balaban J connectivity index is 1.67. The maximum atomic E-state index is 12.5. The Labute approximate surface area is 162 Å². The Kier molecular flexibility index (Phi) is 5.88. The van der Waals surface area contributed by atoms with Crippen molar-refractivity contribution in [1.29, 1.82) is 0 Å². The molecule has 1 amide bonds. The van der Waals surface area contributed by atoms with Crippen molar-refractivity contribution in [2.75, 3.05) is 12.4 Å². The molecule has 0 aliphatic rings. The highest BCUT2D eigenvalue weighted by Gasteiger charge is 2.15. The molecule has 3 rings (SSSR count). The molecule has 8 nitrogen and oxygen atoms in total. The number of methoxy groups -OCH3 is 1. The number of para-hydroxylation sites is 2. The number of nitrogens with one attached hydrogen (secondary N) is 1. The van der Waals surface area contributed by atoms with Crippen LogP contribution in [0, 0.1) is 6.92 Å². The van der Waals surface area contributed by atoms with Crippen LogP contribution < -0.4 is 15.6 Å². The molecule has 0 aliphatic carbocycles. The Bertz CT molecular complexity index is 1040. The van der Waals surface area contributed by atoms with Gasteiger partial charge in [-0.15, -0.1) is 0 Å². The molecule has 146 valence electrons. The minimum atomic E-state index is -0.201. The number of aryl methyl sites for hydroxylation is 2. The van der Waals surface area contributed by atoms with Crippen molar-refractivity contribution >= 4 is 11.6 Å². The molecule has 1 aromatic carbocycles. The molecular formula is C20H22N4O4. The second-order valence-electron chi connectivity index (χ2n) is 6.20. The molecule has 2 heterocycles. The van der Waals surface area contributed by atoms with E-state index in [4.69, 9.17) is 9.26 Å². The number of ether oxygens (including phenoxy) is 1. The van der Waals surface area contributed by atoms with E-state index in [1.807, 2.05) is 32.0 Å². The fourth-order valence-corrected chi connectivity index (χ4v) is 2.88. The lowest BCUT2D eigenvalue weighted by molar-refractivity contribution is -0.116. The third-order valence-corrected chi connectivity index (χ3v) is 4.36. The highest BCUT2D eigenvalue weighted by atomic mass is 16.5. The van der Waals surface area contributed by atoms with E-state index in [0.717, 1.165) is 5.69 Å². The zero-order valence-corrected chi connectivity index (χ0v) is 16.1. The molecule has 2 aromatic heterocycles. The van der Waals surface area contributed by atoms with E-state index in [-0.39, 0.29) is 30.1 Å². The Morgan fingerprint density at radius 1 is 1.25 bits per heavy atom. The maximum Gasteiger partial charge on any atom is 0.261 e. The van der Waals surface area contributed by atoms with Crippen LogP contribution in [0.3, 0.4) is 0 Å². The van der Waals surface area contributed by atoms with Crippen LogP contribution in [-0.4, -0.2) is 27.7 Å². The molecule has 1 N–H and O–H groups in total. The summed E-state index contributed by atoms with van der Waals surface area (Å²) < 4.78 is 12.1. The summed E-state index contributed by atoms with van der Waals surface area (Å²) in [4.78, 5) is 29.0. The van der Waals surface area contributed by atoms with Gasteiger partial charge < -0.3 is 19.1 Å². The van der Waals surface area contributed by atoms with Gasteiger partial charge in [0.2, 0.25) is 17.6 Å². The first-order chi connectivity index (χ1) is 13.5. The monoisotopic (exact) mass is 382 g/mol. The molecule has 0 saturated carbocycles. The zero-order chi connectivity index (χ0) is 20.1. The summed E-state index contributed by atoms with van der Waals surface area (Å²) in [6.45, 7) is 4.34. The van der Waals surface area contributed by atoms with E-state index in [9.17, 15) is 9.59 Å². The van der Waals surface area contributed by atoms with Crippen molar-refractivity contribution in [2.24, 2.45) is 0 Å². The van der Waals surface area contributed by atoms with E-state index in [2.05, 4.69) is 15.5 Å². The number of benzene rings is 1. The molecule has 0 unspecified atom stereocenters. The van der Waals surface area contributed by atoms with Crippen molar-refractivity contribution in [2.45, 2.75) is 33.2 Å². The predicted octanol–water partition coefficient (Wildman–Crippen LogP) is 2.81. The highest BCUT2D eigenvalue weighted by Crippen LogP contribution is 2.23. The van der Waals surface area contributed by atoms with Crippen molar-refractivity contribution in [1.82, 2.24) is 14.7 Å². The molecular weight excluding hydrogens is 360 g/mol. The van der Waals surface area contributed by atoms with Crippen LogP contribution in [0.25, 0.3) is 11.4 Å². The molecule has 0 bridgehead atoms. The van der Waals surface area contributed by atoms with Gasteiger partial charge in [0.05, 0.1) is 18.4 Å². The topological polar surface area (TPSA) is 99.2 Å². The first-order valence-corrected chi connectivity index (χ1v) is 8.99. The van der Waals surface area contributed by atoms with Gasteiger partial charge in [-0.2, -0.15) is 4.98 Å². The number of pyridine rings is 1. The third-order valence-electron chi connectivity index (χ3n) is 4.36. The van der Waals surface area contributed by atoms with Crippen LogP contribution >= 0.6 is 0 Å².